The van der Waals surface area contributed by atoms with E-state index in [1.54, 1.807) is 49.6 Å². The molecule has 0 bridgehead atoms. The molecule has 7 nitrogen and oxygen atoms in total. The summed E-state index contributed by atoms with van der Waals surface area (Å²) in [5.74, 6) is 0.566. The van der Waals surface area contributed by atoms with Crippen LogP contribution in [-0.4, -0.2) is 58.1 Å². The third-order valence-corrected chi connectivity index (χ3v) is 3.89. The maximum absolute atomic E-state index is 12.6. The van der Waals surface area contributed by atoms with Crippen molar-refractivity contribution in [1.82, 2.24) is 10.2 Å². The Kier molecular flexibility index (Phi) is 7.19. The number of carbonyl (C=O) groups excluding carboxylic acids is 2. The summed E-state index contributed by atoms with van der Waals surface area (Å²) in [6.45, 7) is 1.27. The van der Waals surface area contributed by atoms with Crippen LogP contribution in [0.4, 0.5) is 5.69 Å². The molecule has 0 radical (unpaired) electrons. The lowest BCUT2D eigenvalue weighted by Crippen LogP contribution is -2.31. The second kappa shape index (κ2) is 9.59. The number of ether oxygens (including phenoxy) is 2. The molecule has 2 N–H and O–H groups in total. The summed E-state index contributed by atoms with van der Waals surface area (Å²) in [5.41, 5.74) is 1.33. The number of likely N-dealkylation sites (N-methyl/N-ethyl adjacent to an activating group) is 1. The zero-order valence-electron chi connectivity index (χ0n) is 16.0. The van der Waals surface area contributed by atoms with Crippen molar-refractivity contribution in [2.75, 3.05) is 46.7 Å². The molecule has 0 aliphatic carbocycles. The number of carbonyl (C=O) groups is 2. The van der Waals surface area contributed by atoms with Gasteiger partial charge in [0.25, 0.3) is 11.8 Å². The van der Waals surface area contributed by atoms with E-state index in [1.807, 2.05) is 19.0 Å². The Labute approximate surface area is 159 Å². The Morgan fingerprint density at radius 2 is 1.67 bits per heavy atom. The summed E-state index contributed by atoms with van der Waals surface area (Å²) in [5, 5.41) is 5.63. The van der Waals surface area contributed by atoms with Crippen LogP contribution in [0.25, 0.3) is 0 Å². The number of methoxy groups -OCH3 is 2. The van der Waals surface area contributed by atoms with E-state index in [0.717, 1.165) is 6.54 Å². The molecular formula is C20H25N3O4. The Balaban J connectivity index is 2.10. The highest BCUT2D eigenvalue weighted by Crippen LogP contribution is 2.29. The maximum atomic E-state index is 12.6. The molecule has 0 aliphatic rings. The molecule has 27 heavy (non-hydrogen) atoms. The van der Waals surface area contributed by atoms with Crippen LogP contribution in [0.2, 0.25) is 0 Å². The fourth-order valence-corrected chi connectivity index (χ4v) is 2.39. The molecule has 0 aromatic heterocycles. The monoisotopic (exact) mass is 371 g/mol. The number of anilines is 1. The molecule has 0 saturated carbocycles. The topological polar surface area (TPSA) is 79.9 Å². The highest BCUT2D eigenvalue weighted by molar-refractivity contribution is 6.06. The lowest BCUT2D eigenvalue weighted by Gasteiger charge is -2.12. The summed E-state index contributed by atoms with van der Waals surface area (Å²) in [4.78, 5) is 26.8. The molecule has 7 heteroatoms. The van der Waals surface area contributed by atoms with E-state index in [2.05, 4.69) is 10.6 Å². The molecular weight excluding hydrogens is 346 g/mol. The van der Waals surface area contributed by atoms with Crippen LogP contribution in [0.1, 0.15) is 20.7 Å². The summed E-state index contributed by atoms with van der Waals surface area (Å²) in [6.07, 6.45) is 0. The molecule has 2 aromatic rings. The first kappa shape index (κ1) is 20.3. The minimum Gasteiger partial charge on any atom is -0.497 e. The van der Waals surface area contributed by atoms with Crippen LogP contribution in [-0.2, 0) is 0 Å². The first-order chi connectivity index (χ1) is 12.9. The average molecular weight is 371 g/mol. The van der Waals surface area contributed by atoms with Gasteiger partial charge >= 0.3 is 0 Å². The van der Waals surface area contributed by atoms with E-state index in [9.17, 15) is 9.59 Å². The van der Waals surface area contributed by atoms with Gasteiger partial charge in [0.15, 0.2) is 0 Å². The largest absolute Gasteiger partial charge is 0.497 e. The standard InChI is InChI=1S/C20H25N3O4/c1-23(2)11-10-21-19(24)14-6-5-7-15(12-14)20(25)22-17-9-8-16(26-3)13-18(17)27-4/h5-9,12-13H,10-11H2,1-4H3,(H,21,24)(H,22,25). The van der Waals surface area contributed by atoms with Crippen LogP contribution >= 0.6 is 0 Å². The highest BCUT2D eigenvalue weighted by Gasteiger charge is 2.13. The van der Waals surface area contributed by atoms with Crippen LogP contribution in [0.15, 0.2) is 42.5 Å². The average Bonchev–Trinajstić information content (AvgIpc) is 2.67. The quantitative estimate of drug-likeness (QED) is 0.744. The normalized spacial score (nSPS) is 10.4. The van der Waals surface area contributed by atoms with Gasteiger partial charge < -0.3 is 25.0 Å². The smallest absolute Gasteiger partial charge is 0.255 e. The molecule has 2 rings (SSSR count). The van der Waals surface area contributed by atoms with Crippen LogP contribution in [0.5, 0.6) is 11.5 Å². The molecule has 2 aromatic carbocycles. The molecule has 0 saturated heterocycles. The number of hydrogen-bond donors (Lipinski definition) is 2. The summed E-state index contributed by atoms with van der Waals surface area (Å²) >= 11 is 0. The second-order valence-electron chi connectivity index (χ2n) is 6.16. The molecule has 144 valence electrons. The van der Waals surface area contributed by atoms with Gasteiger partial charge in [-0.1, -0.05) is 6.07 Å². The Morgan fingerprint density at radius 1 is 0.963 bits per heavy atom. The number of nitrogens with zero attached hydrogens (tertiary/aromatic N) is 1. The third kappa shape index (κ3) is 5.72. The van der Waals surface area contributed by atoms with Crippen LogP contribution in [0, 0.1) is 0 Å². The predicted octanol–water partition coefficient (Wildman–Crippen LogP) is 2.25. The number of amides is 2. The first-order valence-electron chi connectivity index (χ1n) is 8.51. The fraction of sp³-hybridized carbons (Fsp3) is 0.300. The van der Waals surface area contributed by atoms with E-state index < -0.39 is 0 Å². The molecule has 0 heterocycles. The van der Waals surface area contributed by atoms with E-state index in [1.165, 1.54) is 7.11 Å². The van der Waals surface area contributed by atoms with Gasteiger partial charge in [0.1, 0.15) is 11.5 Å². The minimum atomic E-state index is -0.332. The van der Waals surface area contributed by atoms with Gasteiger partial charge in [-0.2, -0.15) is 0 Å². The van der Waals surface area contributed by atoms with Gasteiger partial charge in [0.05, 0.1) is 19.9 Å². The van der Waals surface area contributed by atoms with Gasteiger partial charge in [-0.25, -0.2) is 0 Å². The fourth-order valence-electron chi connectivity index (χ4n) is 2.39. The van der Waals surface area contributed by atoms with Gasteiger partial charge in [0, 0.05) is 30.3 Å². The number of benzene rings is 2. The van der Waals surface area contributed by atoms with Crippen LogP contribution < -0.4 is 20.1 Å². The van der Waals surface area contributed by atoms with Gasteiger partial charge in [0.2, 0.25) is 0 Å². The van der Waals surface area contributed by atoms with Gasteiger partial charge in [-0.3, -0.25) is 9.59 Å². The van der Waals surface area contributed by atoms with Crippen molar-refractivity contribution in [3.05, 3.63) is 53.6 Å². The van der Waals surface area contributed by atoms with Crippen molar-refractivity contribution in [2.45, 2.75) is 0 Å². The van der Waals surface area contributed by atoms with Crippen molar-refractivity contribution < 1.29 is 19.1 Å². The number of rotatable bonds is 8. The summed E-state index contributed by atoms with van der Waals surface area (Å²) in [6, 6.07) is 11.7. The van der Waals surface area contributed by atoms with E-state index >= 15 is 0 Å². The summed E-state index contributed by atoms with van der Waals surface area (Å²) < 4.78 is 10.4. The molecule has 0 unspecified atom stereocenters. The minimum absolute atomic E-state index is 0.214. The van der Waals surface area contributed by atoms with Crippen molar-refractivity contribution in [3.63, 3.8) is 0 Å². The lowest BCUT2D eigenvalue weighted by atomic mass is 10.1. The van der Waals surface area contributed by atoms with Crippen LogP contribution in [0.3, 0.4) is 0 Å². The SMILES string of the molecule is COc1ccc(NC(=O)c2cccc(C(=O)NCCN(C)C)c2)c(OC)c1. The number of nitrogens with one attached hydrogen (secondary N) is 2. The summed E-state index contributed by atoms with van der Waals surface area (Å²) in [7, 11) is 6.94. The van der Waals surface area contributed by atoms with E-state index in [4.69, 9.17) is 9.47 Å². The molecule has 0 spiro atoms. The molecule has 0 aliphatic heterocycles. The Morgan fingerprint density at radius 3 is 2.30 bits per heavy atom. The molecule has 2 amide bonds. The zero-order chi connectivity index (χ0) is 19.8. The molecule has 0 fully saturated rings. The lowest BCUT2D eigenvalue weighted by molar-refractivity contribution is 0.0951. The highest BCUT2D eigenvalue weighted by atomic mass is 16.5. The zero-order valence-corrected chi connectivity index (χ0v) is 16.0. The van der Waals surface area contributed by atoms with Crippen molar-refractivity contribution in [3.8, 4) is 11.5 Å². The van der Waals surface area contributed by atoms with Gasteiger partial charge in [-0.15, -0.1) is 0 Å². The maximum Gasteiger partial charge on any atom is 0.255 e. The van der Waals surface area contributed by atoms with E-state index in [-0.39, 0.29) is 11.8 Å². The second-order valence-corrected chi connectivity index (χ2v) is 6.16. The van der Waals surface area contributed by atoms with E-state index in [0.29, 0.717) is 34.9 Å². The van der Waals surface area contributed by atoms with Gasteiger partial charge in [-0.05, 0) is 44.4 Å². The Bertz CT molecular complexity index is 806. The Hall–Kier alpha value is -3.06. The van der Waals surface area contributed by atoms with Crippen molar-refractivity contribution >= 4 is 17.5 Å². The third-order valence-electron chi connectivity index (χ3n) is 3.89. The predicted molar refractivity (Wildman–Crippen MR) is 105 cm³/mol. The molecule has 0 atom stereocenters. The first-order valence-corrected chi connectivity index (χ1v) is 8.51. The van der Waals surface area contributed by atoms with Crippen molar-refractivity contribution in [1.29, 1.82) is 0 Å². The van der Waals surface area contributed by atoms with Crippen molar-refractivity contribution in [2.24, 2.45) is 0 Å². The number of hydrogen-bond acceptors (Lipinski definition) is 5.